The van der Waals surface area contributed by atoms with Crippen LogP contribution in [0.15, 0.2) is 29.2 Å². The molecule has 0 saturated carbocycles. The Morgan fingerprint density at radius 1 is 1.17 bits per heavy atom. The van der Waals surface area contributed by atoms with Gasteiger partial charge in [0.15, 0.2) is 0 Å². The molecule has 0 aliphatic heterocycles. The summed E-state index contributed by atoms with van der Waals surface area (Å²) >= 11 is 0. The summed E-state index contributed by atoms with van der Waals surface area (Å²) in [5, 5.41) is 0. The monoisotopic (exact) mass is 345 g/mol. The van der Waals surface area contributed by atoms with Crippen LogP contribution in [0.5, 0.6) is 0 Å². The number of rotatable bonds is 4. The fourth-order valence-electron chi connectivity index (χ4n) is 1.89. The molecule has 0 radical (unpaired) electrons. The third kappa shape index (κ3) is 3.95. The number of nitrogens with two attached hydrogens (primary N) is 1. The molecule has 1 aromatic heterocycles. The maximum absolute atomic E-state index is 12.8. The van der Waals surface area contributed by atoms with E-state index >= 15 is 0 Å². The van der Waals surface area contributed by atoms with E-state index in [0.29, 0.717) is 17.1 Å². The Balaban J connectivity index is 2.45. The van der Waals surface area contributed by atoms with Crippen molar-refractivity contribution in [2.75, 3.05) is 23.4 Å². The maximum Gasteiger partial charge on any atom is 0.451 e. The number of halogens is 3. The predicted octanol–water partition coefficient (Wildman–Crippen LogP) is 2.37. The largest absolute Gasteiger partial charge is 0.451 e. The molecule has 6 nitrogen and oxygen atoms in total. The van der Waals surface area contributed by atoms with Gasteiger partial charge in [0, 0.05) is 34.2 Å². The molecule has 1 atom stereocenters. The molecule has 0 saturated heterocycles. The quantitative estimate of drug-likeness (QED) is 0.916. The zero-order valence-electron chi connectivity index (χ0n) is 12.3. The summed E-state index contributed by atoms with van der Waals surface area (Å²) in [7, 11) is -1.14. The molecule has 10 heteroatoms. The highest BCUT2D eigenvalue weighted by Crippen LogP contribution is 2.29. The Morgan fingerprint density at radius 2 is 1.78 bits per heavy atom. The van der Waals surface area contributed by atoms with E-state index in [1.807, 2.05) is 0 Å². The summed E-state index contributed by atoms with van der Waals surface area (Å²) in [4.78, 5) is 12.4. The summed E-state index contributed by atoms with van der Waals surface area (Å²) in [6, 6.07) is 6.52. The Hall–Kier alpha value is -2.23. The molecule has 1 heterocycles. The van der Waals surface area contributed by atoms with E-state index in [1.54, 1.807) is 31.2 Å². The summed E-state index contributed by atoms with van der Waals surface area (Å²) < 4.78 is 49.8. The van der Waals surface area contributed by atoms with Gasteiger partial charge in [0.1, 0.15) is 0 Å². The highest BCUT2D eigenvalue weighted by Gasteiger charge is 2.36. The molecule has 0 aliphatic rings. The molecule has 0 aliphatic carbocycles. The second-order valence-electron chi connectivity index (χ2n) is 4.51. The van der Waals surface area contributed by atoms with Crippen LogP contribution in [0, 0.1) is 0 Å². The van der Waals surface area contributed by atoms with Crippen LogP contribution in [0.1, 0.15) is 12.7 Å². The lowest BCUT2D eigenvalue weighted by molar-refractivity contribution is -0.144. The number of alkyl halides is 3. The molecule has 2 N–H and O–H groups in total. The number of nitrogen functional groups attached to an aromatic ring is 1. The number of anilines is 3. The van der Waals surface area contributed by atoms with Crippen molar-refractivity contribution in [1.82, 2.24) is 15.0 Å². The average molecular weight is 345 g/mol. The zero-order chi connectivity index (χ0) is 17.2. The number of nitrogens with zero attached hydrogens (tertiary/aromatic N) is 4. The molecular weight excluding hydrogens is 331 g/mol. The van der Waals surface area contributed by atoms with Crippen molar-refractivity contribution in [1.29, 1.82) is 0 Å². The summed E-state index contributed by atoms with van der Waals surface area (Å²) in [5.41, 5.74) is 5.92. The fraction of sp³-hybridized carbons (Fsp3) is 0.308. The van der Waals surface area contributed by atoms with Crippen molar-refractivity contribution in [3.63, 3.8) is 0 Å². The van der Waals surface area contributed by atoms with Gasteiger partial charge >= 0.3 is 6.18 Å². The van der Waals surface area contributed by atoms with E-state index in [9.17, 15) is 17.4 Å². The van der Waals surface area contributed by atoms with E-state index in [-0.39, 0.29) is 5.95 Å². The molecule has 0 spiro atoms. The molecule has 1 unspecified atom stereocenters. The van der Waals surface area contributed by atoms with Crippen LogP contribution in [0.3, 0.4) is 0 Å². The normalized spacial score (nSPS) is 12.9. The van der Waals surface area contributed by atoms with Crippen LogP contribution in [-0.4, -0.2) is 32.0 Å². The summed E-state index contributed by atoms with van der Waals surface area (Å²) in [5.74, 6) is -2.05. The number of hydrogen-bond acceptors (Lipinski definition) is 6. The molecule has 1 aromatic carbocycles. The maximum atomic E-state index is 12.8. The predicted molar refractivity (Wildman–Crippen MR) is 80.7 cm³/mol. The highest BCUT2D eigenvalue weighted by molar-refractivity contribution is 7.84. The van der Waals surface area contributed by atoms with Crippen LogP contribution in [-0.2, 0) is 17.0 Å². The lowest BCUT2D eigenvalue weighted by Crippen LogP contribution is -2.23. The third-order valence-corrected chi connectivity index (χ3v) is 3.87. The van der Waals surface area contributed by atoms with Gasteiger partial charge in [-0.25, -0.2) is 0 Å². The van der Waals surface area contributed by atoms with Crippen molar-refractivity contribution >= 4 is 28.4 Å². The van der Waals surface area contributed by atoms with Gasteiger partial charge in [-0.1, -0.05) is 0 Å². The molecule has 0 amide bonds. The number of hydrogen-bond donors (Lipinski definition) is 1. The van der Waals surface area contributed by atoms with Gasteiger partial charge in [-0.05, 0) is 31.2 Å². The van der Waals surface area contributed by atoms with Gasteiger partial charge in [0.2, 0.25) is 17.7 Å². The first-order valence-corrected chi connectivity index (χ1v) is 8.08. The van der Waals surface area contributed by atoms with Crippen LogP contribution in [0.25, 0.3) is 0 Å². The van der Waals surface area contributed by atoms with Gasteiger partial charge in [0.25, 0.3) is 0 Å². The highest BCUT2D eigenvalue weighted by atomic mass is 32.2. The molecule has 0 bridgehead atoms. The van der Waals surface area contributed by atoms with Crippen LogP contribution < -0.4 is 10.6 Å². The first-order chi connectivity index (χ1) is 10.7. The van der Waals surface area contributed by atoms with E-state index in [4.69, 9.17) is 5.73 Å². The zero-order valence-corrected chi connectivity index (χ0v) is 13.1. The second-order valence-corrected chi connectivity index (χ2v) is 5.89. The number of aromatic nitrogens is 3. The van der Waals surface area contributed by atoms with Crippen molar-refractivity contribution in [3.05, 3.63) is 30.1 Å². The molecule has 0 fully saturated rings. The molecule has 2 rings (SSSR count). The average Bonchev–Trinajstić information content (AvgIpc) is 2.47. The molecule has 124 valence electrons. The summed E-state index contributed by atoms with van der Waals surface area (Å²) in [6.45, 7) is 2.05. The van der Waals surface area contributed by atoms with Crippen molar-refractivity contribution < 1.29 is 17.4 Å². The fourth-order valence-corrected chi connectivity index (χ4v) is 2.40. The van der Waals surface area contributed by atoms with Crippen molar-refractivity contribution in [2.45, 2.75) is 18.0 Å². The SMILES string of the molecule is CCN(c1ccc(S(C)=O)cc1)c1nc(N)nc(C(F)(F)F)n1. The van der Waals surface area contributed by atoms with Crippen LogP contribution in [0.4, 0.5) is 30.8 Å². The first-order valence-electron chi connectivity index (χ1n) is 6.52. The van der Waals surface area contributed by atoms with Crippen LogP contribution >= 0.6 is 0 Å². The minimum atomic E-state index is -4.71. The Bertz CT molecular complexity index is 721. The van der Waals surface area contributed by atoms with Crippen LogP contribution in [0.2, 0.25) is 0 Å². The second kappa shape index (κ2) is 6.49. The minimum Gasteiger partial charge on any atom is -0.368 e. The van der Waals surface area contributed by atoms with Crippen molar-refractivity contribution in [2.24, 2.45) is 0 Å². The van der Waals surface area contributed by atoms with E-state index in [0.717, 1.165) is 0 Å². The van der Waals surface area contributed by atoms with E-state index < -0.39 is 28.7 Å². The Labute approximate surface area is 133 Å². The summed E-state index contributed by atoms with van der Waals surface area (Å²) in [6.07, 6.45) is -3.18. The lowest BCUT2D eigenvalue weighted by Gasteiger charge is -2.21. The topological polar surface area (TPSA) is 85.0 Å². The lowest BCUT2D eigenvalue weighted by atomic mass is 10.3. The molecular formula is C13H14F3N5OS. The van der Waals surface area contributed by atoms with Gasteiger partial charge in [-0.3, -0.25) is 4.21 Å². The van der Waals surface area contributed by atoms with E-state index in [1.165, 1.54) is 11.2 Å². The van der Waals surface area contributed by atoms with E-state index in [2.05, 4.69) is 15.0 Å². The van der Waals surface area contributed by atoms with Gasteiger partial charge < -0.3 is 10.6 Å². The standard InChI is InChI=1S/C13H14F3N5OS/c1-3-21(8-4-6-9(7-5-8)23(2)22)12-19-10(13(14,15)16)18-11(17)20-12/h4-7H,3H2,1-2H3,(H2,17,18,19,20). The first kappa shape index (κ1) is 17.1. The van der Waals surface area contributed by atoms with Gasteiger partial charge in [-0.2, -0.15) is 28.1 Å². The smallest absolute Gasteiger partial charge is 0.368 e. The van der Waals surface area contributed by atoms with Gasteiger partial charge in [0.05, 0.1) is 0 Å². The van der Waals surface area contributed by atoms with Gasteiger partial charge in [-0.15, -0.1) is 0 Å². The minimum absolute atomic E-state index is 0.197. The Morgan fingerprint density at radius 3 is 2.26 bits per heavy atom. The molecule has 2 aromatic rings. The number of benzene rings is 1. The third-order valence-electron chi connectivity index (χ3n) is 2.93. The molecule has 23 heavy (non-hydrogen) atoms. The Kier molecular flexibility index (Phi) is 4.83. The van der Waals surface area contributed by atoms with Crippen molar-refractivity contribution in [3.8, 4) is 0 Å².